The van der Waals surface area contributed by atoms with Gasteiger partial charge >= 0.3 is 0 Å². The van der Waals surface area contributed by atoms with Crippen molar-refractivity contribution in [3.05, 3.63) is 71.6 Å². The average molecular weight is 405 g/mol. The van der Waals surface area contributed by atoms with Gasteiger partial charge in [0.2, 0.25) is 0 Å². The number of methoxy groups -OCH3 is 1. The number of nitrogens with one attached hydrogen (secondary N) is 2. The molecule has 3 aromatic rings. The smallest absolute Gasteiger partial charge is 0.267 e. The highest BCUT2D eigenvalue weighted by molar-refractivity contribution is 6.06. The lowest BCUT2D eigenvalue weighted by Gasteiger charge is -2.11. The Bertz CT molecular complexity index is 1060. The van der Waals surface area contributed by atoms with E-state index in [0.717, 1.165) is 29.4 Å². The van der Waals surface area contributed by atoms with Crippen molar-refractivity contribution in [2.45, 2.75) is 26.8 Å². The number of nitrogens with zero attached hydrogens (tertiary/aromatic N) is 1. The topological polar surface area (TPSA) is 72.4 Å². The van der Waals surface area contributed by atoms with Crippen LogP contribution in [-0.4, -0.2) is 30.0 Å². The molecule has 0 aliphatic heterocycles. The van der Waals surface area contributed by atoms with Gasteiger partial charge in [0.25, 0.3) is 11.8 Å². The fraction of sp³-hybridized carbons (Fsp3) is 0.250. The molecule has 6 nitrogen and oxygen atoms in total. The van der Waals surface area contributed by atoms with Gasteiger partial charge in [-0.05, 0) is 49.8 Å². The van der Waals surface area contributed by atoms with E-state index >= 15 is 0 Å². The maximum atomic E-state index is 12.8. The molecular formula is C24H27N3O3. The molecule has 0 bridgehead atoms. The summed E-state index contributed by atoms with van der Waals surface area (Å²) in [6.45, 7) is 5.39. The lowest BCUT2D eigenvalue weighted by molar-refractivity contribution is -0.117. The maximum Gasteiger partial charge on any atom is 0.267 e. The Morgan fingerprint density at radius 3 is 2.47 bits per heavy atom. The van der Waals surface area contributed by atoms with Crippen LogP contribution in [0.3, 0.4) is 0 Å². The number of fused-ring (bicyclic) bond motifs is 1. The van der Waals surface area contributed by atoms with E-state index in [-0.39, 0.29) is 17.5 Å². The number of rotatable bonds is 8. The summed E-state index contributed by atoms with van der Waals surface area (Å²) in [5.74, 6) is -0.00259. The number of carbonyl (C=O) groups excluding carboxylic acids is 2. The number of hydrogen-bond donors (Lipinski definition) is 2. The highest BCUT2D eigenvalue weighted by atomic mass is 16.5. The third-order valence-electron chi connectivity index (χ3n) is 4.84. The fourth-order valence-corrected chi connectivity index (χ4v) is 3.24. The molecule has 30 heavy (non-hydrogen) atoms. The molecule has 0 saturated heterocycles. The molecule has 0 saturated carbocycles. The van der Waals surface area contributed by atoms with Gasteiger partial charge in [-0.2, -0.15) is 0 Å². The monoisotopic (exact) mass is 405 g/mol. The summed E-state index contributed by atoms with van der Waals surface area (Å²) < 4.78 is 7.25. The molecule has 0 fully saturated rings. The van der Waals surface area contributed by atoms with Crippen molar-refractivity contribution in [2.24, 2.45) is 0 Å². The van der Waals surface area contributed by atoms with Gasteiger partial charge in [0.15, 0.2) is 0 Å². The molecule has 2 N–H and O–H groups in total. The molecule has 6 heteroatoms. The highest BCUT2D eigenvalue weighted by Gasteiger charge is 2.16. The zero-order chi connectivity index (χ0) is 21.5. The molecular weight excluding hydrogens is 378 g/mol. The van der Waals surface area contributed by atoms with Crippen LogP contribution in [0.2, 0.25) is 0 Å². The summed E-state index contributed by atoms with van der Waals surface area (Å²) in [6.07, 6.45) is 4.54. The van der Waals surface area contributed by atoms with Crippen LogP contribution in [0.4, 0.5) is 0 Å². The van der Waals surface area contributed by atoms with Crippen molar-refractivity contribution >= 4 is 28.8 Å². The normalized spacial score (nSPS) is 11.4. The Kier molecular flexibility index (Phi) is 6.91. The Labute approximate surface area is 176 Å². The number of amides is 2. The molecule has 0 radical (unpaired) electrons. The summed E-state index contributed by atoms with van der Waals surface area (Å²) in [5, 5.41) is 6.65. The quantitative estimate of drug-likeness (QED) is 0.557. The minimum atomic E-state index is -0.352. The average Bonchev–Trinajstić information content (AvgIpc) is 3.14. The summed E-state index contributed by atoms with van der Waals surface area (Å²) in [7, 11) is 1.57. The predicted molar refractivity (Wildman–Crippen MR) is 119 cm³/mol. The zero-order valence-electron chi connectivity index (χ0n) is 17.6. The highest BCUT2D eigenvalue weighted by Crippen LogP contribution is 2.23. The second-order valence-corrected chi connectivity index (χ2v) is 6.88. The first kappa shape index (κ1) is 21.2. The van der Waals surface area contributed by atoms with Crippen LogP contribution in [0, 0.1) is 0 Å². The minimum absolute atomic E-state index is 0.211. The van der Waals surface area contributed by atoms with Crippen LogP contribution in [-0.2, 0) is 11.3 Å². The van der Waals surface area contributed by atoms with E-state index in [4.69, 9.17) is 4.74 Å². The van der Waals surface area contributed by atoms with Gasteiger partial charge in [-0.15, -0.1) is 0 Å². The molecule has 3 rings (SSSR count). The second-order valence-electron chi connectivity index (χ2n) is 6.88. The van der Waals surface area contributed by atoms with Crippen molar-refractivity contribution < 1.29 is 14.3 Å². The molecule has 2 aromatic carbocycles. The van der Waals surface area contributed by atoms with Crippen LogP contribution in [0.25, 0.3) is 17.0 Å². The number of aromatic nitrogens is 1. The summed E-state index contributed by atoms with van der Waals surface area (Å²) in [6, 6.07) is 14.8. The van der Waals surface area contributed by atoms with Crippen molar-refractivity contribution in [1.82, 2.24) is 15.2 Å². The summed E-state index contributed by atoms with van der Waals surface area (Å²) in [4.78, 5) is 25.5. The van der Waals surface area contributed by atoms with E-state index in [0.29, 0.717) is 17.9 Å². The predicted octanol–water partition coefficient (Wildman–Crippen LogP) is 3.97. The molecule has 0 aliphatic carbocycles. The van der Waals surface area contributed by atoms with E-state index in [1.807, 2.05) is 37.4 Å². The lowest BCUT2D eigenvalue weighted by Crippen LogP contribution is -2.35. The standard InChI is InChI=1S/C24H27N3O3/c1-4-14-25-24(29)21(26-23(28)17-10-12-19(30-3)13-11-17)15-18-16-27(5-2)22-9-7-6-8-20(18)22/h6-13,15-16H,4-5,14H2,1-3H3,(H,25,29)(H,26,28)/b21-15-. The Hall–Kier alpha value is -3.54. The van der Waals surface area contributed by atoms with Crippen LogP contribution < -0.4 is 15.4 Å². The van der Waals surface area contributed by atoms with Crippen LogP contribution in [0.1, 0.15) is 36.2 Å². The molecule has 2 amide bonds. The van der Waals surface area contributed by atoms with Crippen LogP contribution in [0.15, 0.2) is 60.4 Å². The van der Waals surface area contributed by atoms with Gasteiger partial charge in [0, 0.05) is 41.3 Å². The molecule has 0 spiro atoms. The Morgan fingerprint density at radius 2 is 1.80 bits per heavy atom. The fourth-order valence-electron chi connectivity index (χ4n) is 3.24. The SMILES string of the molecule is CCCNC(=O)/C(=C/c1cn(CC)c2ccccc12)NC(=O)c1ccc(OC)cc1. The third kappa shape index (κ3) is 4.71. The van der Waals surface area contributed by atoms with Crippen molar-refractivity contribution in [1.29, 1.82) is 0 Å². The first-order chi connectivity index (χ1) is 14.6. The van der Waals surface area contributed by atoms with Crippen LogP contribution in [0.5, 0.6) is 5.75 Å². The largest absolute Gasteiger partial charge is 0.497 e. The summed E-state index contributed by atoms with van der Waals surface area (Å²) >= 11 is 0. The number of para-hydroxylation sites is 1. The van der Waals surface area contributed by atoms with Crippen LogP contribution >= 0.6 is 0 Å². The number of carbonyl (C=O) groups is 2. The molecule has 1 heterocycles. The van der Waals surface area contributed by atoms with E-state index in [1.165, 1.54) is 0 Å². The maximum absolute atomic E-state index is 12.8. The van der Waals surface area contributed by atoms with E-state index in [1.54, 1.807) is 37.5 Å². The van der Waals surface area contributed by atoms with Crippen molar-refractivity contribution in [3.8, 4) is 5.75 Å². The van der Waals surface area contributed by atoms with E-state index in [2.05, 4.69) is 22.1 Å². The number of aryl methyl sites for hydroxylation is 1. The number of ether oxygens (including phenoxy) is 1. The van der Waals surface area contributed by atoms with E-state index < -0.39 is 0 Å². The zero-order valence-corrected chi connectivity index (χ0v) is 17.6. The van der Waals surface area contributed by atoms with Gasteiger partial charge in [0.05, 0.1) is 7.11 Å². The molecule has 0 unspecified atom stereocenters. The van der Waals surface area contributed by atoms with Gasteiger partial charge < -0.3 is 19.9 Å². The number of hydrogen-bond acceptors (Lipinski definition) is 3. The third-order valence-corrected chi connectivity index (χ3v) is 4.84. The Balaban J connectivity index is 1.96. The lowest BCUT2D eigenvalue weighted by atomic mass is 10.1. The van der Waals surface area contributed by atoms with Gasteiger partial charge in [-0.1, -0.05) is 25.1 Å². The number of benzene rings is 2. The summed E-state index contributed by atoms with van der Waals surface area (Å²) in [5.41, 5.74) is 2.62. The van der Waals surface area contributed by atoms with Gasteiger partial charge in [0.1, 0.15) is 11.4 Å². The second kappa shape index (κ2) is 9.78. The minimum Gasteiger partial charge on any atom is -0.497 e. The molecule has 0 atom stereocenters. The van der Waals surface area contributed by atoms with Crippen molar-refractivity contribution in [3.63, 3.8) is 0 Å². The molecule has 156 valence electrons. The molecule has 1 aromatic heterocycles. The Morgan fingerprint density at radius 1 is 1.07 bits per heavy atom. The van der Waals surface area contributed by atoms with Crippen molar-refractivity contribution in [2.75, 3.05) is 13.7 Å². The van der Waals surface area contributed by atoms with Gasteiger partial charge in [-0.3, -0.25) is 9.59 Å². The molecule has 0 aliphatic rings. The van der Waals surface area contributed by atoms with Gasteiger partial charge in [-0.25, -0.2) is 0 Å². The first-order valence-electron chi connectivity index (χ1n) is 10.1. The first-order valence-corrected chi connectivity index (χ1v) is 10.1. The van der Waals surface area contributed by atoms with E-state index in [9.17, 15) is 9.59 Å².